The molecule has 0 bridgehead atoms. The van der Waals surface area contributed by atoms with Crippen LogP contribution in [0.3, 0.4) is 0 Å². The van der Waals surface area contributed by atoms with Crippen molar-refractivity contribution in [2.75, 3.05) is 13.7 Å². The number of likely N-dealkylation sites (N-methyl/N-ethyl adjacent to an activating group) is 1. The molecule has 1 atom stereocenters. The van der Waals surface area contributed by atoms with Gasteiger partial charge in [0.05, 0.1) is 6.61 Å². The highest BCUT2D eigenvalue weighted by atomic mass is 16.3. The molecule has 0 spiro atoms. The lowest BCUT2D eigenvalue weighted by Crippen LogP contribution is -2.31. The van der Waals surface area contributed by atoms with Crippen LogP contribution in [-0.4, -0.2) is 24.8 Å². The molecular formula is C10H21NO. The van der Waals surface area contributed by atoms with Gasteiger partial charge in [-0.25, -0.2) is 0 Å². The van der Waals surface area contributed by atoms with Gasteiger partial charge >= 0.3 is 0 Å². The fraction of sp³-hybridized carbons (Fsp3) is 1.00. The molecule has 0 aromatic carbocycles. The zero-order valence-corrected chi connectivity index (χ0v) is 8.05. The molecule has 1 rings (SSSR count). The fourth-order valence-electron chi connectivity index (χ4n) is 2.11. The van der Waals surface area contributed by atoms with E-state index in [1.807, 2.05) is 7.05 Å². The van der Waals surface area contributed by atoms with Gasteiger partial charge in [0.15, 0.2) is 0 Å². The van der Waals surface area contributed by atoms with Crippen molar-refractivity contribution in [3.8, 4) is 0 Å². The summed E-state index contributed by atoms with van der Waals surface area (Å²) < 4.78 is 0. The van der Waals surface area contributed by atoms with Gasteiger partial charge < -0.3 is 10.4 Å². The van der Waals surface area contributed by atoms with Crippen LogP contribution in [0.2, 0.25) is 0 Å². The third kappa shape index (κ3) is 3.11. The maximum Gasteiger partial charge on any atom is 0.0584 e. The molecule has 2 heteroatoms. The van der Waals surface area contributed by atoms with Crippen molar-refractivity contribution in [3.05, 3.63) is 0 Å². The van der Waals surface area contributed by atoms with Gasteiger partial charge in [0.25, 0.3) is 0 Å². The lowest BCUT2D eigenvalue weighted by Gasteiger charge is -2.25. The van der Waals surface area contributed by atoms with Gasteiger partial charge in [-0.2, -0.15) is 0 Å². The second-order valence-corrected chi connectivity index (χ2v) is 3.91. The minimum absolute atomic E-state index is 0.285. The van der Waals surface area contributed by atoms with Crippen LogP contribution < -0.4 is 5.32 Å². The summed E-state index contributed by atoms with van der Waals surface area (Å²) in [6, 6.07) is 0.327. The Hall–Kier alpha value is -0.0800. The first kappa shape index (κ1) is 10.0. The maximum atomic E-state index is 8.99. The summed E-state index contributed by atoms with van der Waals surface area (Å²) in [4.78, 5) is 0. The van der Waals surface area contributed by atoms with Crippen LogP contribution in [-0.2, 0) is 0 Å². The highest BCUT2D eigenvalue weighted by Crippen LogP contribution is 2.27. The summed E-state index contributed by atoms with van der Waals surface area (Å²) in [6.07, 6.45) is 8.11. The van der Waals surface area contributed by atoms with Crippen molar-refractivity contribution >= 4 is 0 Å². The van der Waals surface area contributed by atoms with Gasteiger partial charge in [-0.05, 0) is 19.4 Å². The second-order valence-electron chi connectivity index (χ2n) is 3.91. The van der Waals surface area contributed by atoms with E-state index in [1.165, 1.54) is 32.1 Å². The zero-order chi connectivity index (χ0) is 8.81. The Morgan fingerprint density at radius 2 is 2.00 bits per heavy atom. The van der Waals surface area contributed by atoms with Crippen LogP contribution in [0.25, 0.3) is 0 Å². The highest BCUT2D eigenvalue weighted by Gasteiger charge is 2.16. The molecule has 0 aromatic rings. The number of aliphatic hydroxyl groups excluding tert-OH is 1. The third-order valence-electron chi connectivity index (χ3n) is 2.97. The molecule has 2 N–H and O–H groups in total. The quantitative estimate of drug-likeness (QED) is 0.672. The Kier molecular flexibility index (Phi) is 4.62. The number of rotatable bonds is 4. The van der Waals surface area contributed by atoms with Crippen molar-refractivity contribution < 1.29 is 5.11 Å². The van der Waals surface area contributed by atoms with Gasteiger partial charge in [0, 0.05) is 6.04 Å². The summed E-state index contributed by atoms with van der Waals surface area (Å²) in [7, 11) is 1.93. The van der Waals surface area contributed by atoms with E-state index in [0.717, 1.165) is 12.3 Å². The molecule has 1 fully saturated rings. The van der Waals surface area contributed by atoms with Crippen molar-refractivity contribution in [2.24, 2.45) is 5.92 Å². The topological polar surface area (TPSA) is 32.3 Å². The van der Waals surface area contributed by atoms with Crippen LogP contribution in [0.5, 0.6) is 0 Å². The van der Waals surface area contributed by atoms with Gasteiger partial charge in [0.1, 0.15) is 0 Å². The first-order valence-electron chi connectivity index (χ1n) is 5.15. The molecule has 2 nitrogen and oxygen atoms in total. The molecule has 0 radical (unpaired) electrons. The Morgan fingerprint density at radius 1 is 1.33 bits per heavy atom. The van der Waals surface area contributed by atoms with Gasteiger partial charge in [-0.1, -0.05) is 32.1 Å². The highest BCUT2D eigenvalue weighted by molar-refractivity contribution is 4.72. The summed E-state index contributed by atoms with van der Waals surface area (Å²) in [5.74, 6) is 0.864. The lowest BCUT2D eigenvalue weighted by atomic mass is 9.85. The van der Waals surface area contributed by atoms with E-state index in [0.29, 0.717) is 6.04 Å². The molecule has 0 amide bonds. The number of aliphatic hydroxyl groups is 1. The van der Waals surface area contributed by atoms with E-state index in [1.54, 1.807) is 0 Å². The van der Waals surface area contributed by atoms with Crippen molar-refractivity contribution in [1.82, 2.24) is 5.32 Å². The largest absolute Gasteiger partial charge is 0.395 e. The number of nitrogens with one attached hydrogen (secondary N) is 1. The van der Waals surface area contributed by atoms with Gasteiger partial charge in [-0.3, -0.25) is 0 Å². The first-order valence-corrected chi connectivity index (χ1v) is 5.15. The molecule has 1 aliphatic rings. The summed E-state index contributed by atoms with van der Waals surface area (Å²) >= 11 is 0. The molecule has 1 aliphatic carbocycles. The van der Waals surface area contributed by atoms with E-state index in [2.05, 4.69) is 5.32 Å². The van der Waals surface area contributed by atoms with E-state index >= 15 is 0 Å². The fourth-order valence-corrected chi connectivity index (χ4v) is 2.11. The minimum Gasteiger partial charge on any atom is -0.395 e. The normalized spacial score (nSPS) is 22.5. The van der Waals surface area contributed by atoms with Crippen molar-refractivity contribution in [3.63, 3.8) is 0 Å². The second kappa shape index (κ2) is 5.55. The molecule has 72 valence electrons. The predicted octanol–water partition coefficient (Wildman–Crippen LogP) is 1.54. The Bertz CT molecular complexity index is 106. The lowest BCUT2D eigenvalue weighted by molar-refractivity contribution is 0.210. The van der Waals surface area contributed by atoms with Crippen molar-refractivity contribution in [1.29, 1.82) is 0 Å². The van der Waals surface area contributed by atoms with Gasteiger partial charge in [0.2, 0.25) is 0 Å². The standard InChI is InChI=1S/C10H21NO/c1-11-10(8-12)7-9-5-3-2-4-6-9/h9-12H,2-8H2,1H3/t10-/m0/s1. The zero-order valence-electron chi connectivity index (χ0n) is 8.05. The average molecular weight is 171 g/mol. The van der Waals surface area contributed by atoms with Crippen LogP contribution in [0.15, 0.2) is 0 Å². The van der Waals surface area contributed by atoms with E-state index in [9.17, 15) is 0 Å². The smallest absolute Gasteiger partial charge is 0.0584 e. The molecule has 0 heterocycles. The minimum atomic E-state index is 0.285. The molecular weight excluding hydrogens is 150 g/mol. The van der Waals surface area contributed by atoms with E-state index < -0.39 is 0 Å². The summed E-state index contributed by atoms with van der Waals surface area (Å²) in [5.41, 5.74) is 0. The van der Waals surface area contributed by atoms with Crippen LogP contribution >= 0.6 is 0 Å². The number of hydrogen-bond acceptors (Lipinski definition) is 2. The molecule has 0 aliphatic heterocycles. The molecule has 0 unspecified atom stereocenters. The Morgan fingerprint density at radius 3 is 2.50 bits per heavy atom. The van der Waals surface area contributed by atoms with Crippen LogP contribution in [0, 0.1) is 5.92 Å². The summed E-state index contributed by atoms with van der Waals surface area (Å²) in [5, 5.41) is 12.1. The SMILES string of the molecule is CN[C@H](CO)CC1CCCCC1. The molecule has 12 heavy (non-hydrogen) atoms. The van der Waals surface area contributed by atoms with Gasteiger partial charge in [-0.15, -0.1) is 0 Å². The van der Waals surface area contributed by atoms with E-state index in [4.69, 9.17) is 5.11 Å². The number of hydrogen-bond donors (Lipinski definition) is 2. The predicted molar refractivity (Wildman–Crippen MR) is 51.1 cm³/mol. The van der Waals surface area contributed by atoms with Crippen LogP contribution in [0.1, 0.15) is 38.5 Å². The first-order chi connectivity index (χ1) is 5.86. The third-order valence-corrected chi connectivity index (χ3v) is 2.97. The molecule has 0 aromatic heterocycles. The van der Waals surface area contributed by atoms with Crippen LogP contribution in [0.4, 0.5) is 0 Å². The maximum absolute atomic E-state index is 8.99. The molecule has 1 saturated carbocycles. The van der Waals surface area contributed by atoms with E-state index in [-0.39, 0.29) is 6.61 Å². The Labute approximate surface area is 75.4 Å². The monoisotopic (exact) mass is 171 g/mol. The summed E-state index contributed by atoms with van der Waals surface area (Å²) in [6.45, 7) is 0.285. The Balaban J connectivity index is 2.18. The molecule has 0 saturated heterocycles. The average Bonchev–Trinajstić information content (AvgIpc) is 2.16. The van der Waals surface area contributed by atoms with Crippen molar-refractivity contribution in [2.45, 2.75) is 44.6 Å².